The predicted octanol–water partition coefficient (Wildman–Crippen LogP) is -2.14. The first kappa shape index (κ1) is 8.96. The van der Waals surface area contributed by atoms with Gasteiger partial charge in [0.25, 0.3) is 0 Å². The van der Waals surface area contributed by atoms with Crippen LogP contribution in [-0.2, 0) is 0 Å². The normalized spacial score (nSPS) is 12.0. The molecule has 0 saturated heterocycles. The van der Waals surface area contributed by atoms with Crippen molar-refractivity contribution in [1.29, 1.82) is 0 Å². The van der Waals surface area contributed by atoms with Crippen LogP contribution in [0.4, 0.5) is 0 Å². The van der Waals surface area contributed by atoms with Crippen molar-refractivity contribution in [2.45, 2.75) is 10.4 Å². The number of hydrogen-bond acceptors (Lipinski definition) is 4. The molecular weight excluding hydrogens is 238 g/mol. The SMILES string of the molecule is CC([As](O)O)[As](O)O. The Kier molecular flexibility index (Phi) is 4.35. The summed E-state index contributed by atoms with van der Waals surface area (Å²) < 4.78 is 33.0. The van der Waals surface area contributed by atoms with Gasteiger partial charge in [-0.1, -0.05) is 0 Å². The van der Waals surface area contributed by atoms with Crippen molar-refractivity contribution in [2.75, 3.05) is 0 Å². The van der Waals surface area contributed by atoms with Gasteiger partial charge in [-0.05, 0) is 0 Å². The average molecular weight is 246 g/mol. The van der Waals surface area contributed by atoms with Gasteiger partial charge in [-0.2, -0.15) is 0 Å². The van der Waals surface area contributed by atoms with Crippen LogP contribution in [0.5, 0.6) is 0 Å². The Balaban J connectivity index is 3.46. The molecule has 0 saturated carbocycles. The van der Waals surface area contributed by atoms with Crippen LogP contribution in [-0.4, -0.2) is 47.1 Å². The van der Waals surface area contributed by atoms with E-state index in [1.807, 2.05) is 0 Å². The molecule has 0 fully saturated rings. The van der Waals surface area contributed by atoms with Crippen molar-refractivity contribution >= 4 is 30.7 Å². The molecule has 0 atom stereocenters. The van der Waals surface area contributed by atoms with Gasteiger partial charge in [0.15, 0.2) is 0 Å². The summed E-state index contributed by atoms with van der Waals surface area (Å²) in [5.41, 5.74) is 0. The van der Waals surface area contributed by atoms with E-state index < -0.39 is 34.2 Å². The van der Waals surface area contributed by atoms with Crippen LogP contribution in [0.15, 0.2) is 0 Å². The fraction of sp³-hybridized carbons (Fsp3) is 1.00. The van der Waals surface area contributed by atoms with Crippen LogP contribution in [0, 0.1) is 0 Å². The van der Waals surface area contributed by atoms with Crippen molar-refractivity contribution in [3.63, 3.8) is 0 Å². The van der Waals surface area contributed by atoms with E-state index in [0.717, 1.165) is 0 Å². The Morgan fingerprint density at radius 2 is 1.25 bits per heavy atom. The molecule has 0 aromatic carbocycles. The minimum atomic E-state index is -2.82. The molecule has 8 heavy (non-hydrogen) atoms. The van der Waals surface area contributed by atoms with Crippen molar-refractivity contribution in [3.8, 4) is 0 Å². The van der Waals surface area contributed by atoms with Gasteiger partial charge in [-0.3, -0.25) is 0 Å². The third-order valence-corrected chi connectivity index (χ3v) is 7.98. The van der Waals surface area contributed by atoms with E-state index in [4.69, 9.17) is 16.4 Å². The average Bonchev–Trinajstić information content (AvgIpc) is 1.64. The van der Waals surface area contributed by atoms with Gasteiger partial charge >= 0.3 is 57.5 Å². The van der Waals surface area contributed by atoms with E-state index in [9.17, 15) is 0 Å². The molecule has 0 aliphatic heterocycles. The van der Waals surface area contributed by atoms with Crippen molar-refractivity contribution in [3.05, 3.63) is 0 Å². The predicted molar refractivity (Wildman–Crippen MR) is 29.8 cm³/mol. The van der Waals surface area contributed by atoms with Crippen molar-refractivity contribution in [1.82, 2.24) is 0 Å². The van der Waals surface area contributed by atoms with E-state index in [1.54, 1.807) is 0 Å². The maximum atomic E-state index is 8.41. The molecule has 0 amide bonds. The second-order valence-corrected chi connectivity index (χ2v) is 9.13. The molecule has 6 heteroatoms. The molecule has 0 aliphatic carbocycles. The summed E-state index contributed by atoms with van der Waals surface area (Å²) in [4.78, 5) is 0. The van der Waals surface area contributed by atoms with Crippen molar-refractivity contribution < 1.29 is 16.4 Å². The molecule has 0 spiro atoms. The standard InChI is InChI=1S/C2H8As2O4/c1-2(3(5)6)4(7)8/h2,5-8H,1H3. The van der Waals surface area contributed by atoms with Gasteiger partial charge in [0, 0.05) is 0 Å². The second kappa shape index (κ2) is 3.88. The van der Waals surface area contributed by atoms with Crippen LogP contribution in [0.2, 0.25) is 3.49 Å². The first-order valence-electron chi connectivity index (χ1n) is 1.89. The molecule has 0 rings (SSSR count). The van der Waals surface area contributed by atoms with Gasteiger partial charge in [0.05, 0.1) is 0 Å². The number of rotatable bonds is 2. The molecule has 0 aromatic rings. The summed E-state index contributed by atoms with van der Waals surface area (Å²) in [6.07, 6.45) is 0. The zero-order valence-electron chi connectivity index (χ0n) is 4.26. The van der Waals surface area contributed by atoms with Crippen LogP contribution in [0.3, 0.4) is 0 Å². The van der Waals surface area contributed by atoms with Crippen LogP contribution < -0.4 is 0 Å². The van der Waals surface area contributed by atoms with Gasteiger partial charge in [0.2, 0.25) is 0 Å². The summed E-state index contributed by atoms with van der Waals surface area (Å²) in [6, 6.07) is 0. The Morgan fingerprint density at radius 1 is 1.00 bits per heavy atom. The molecule has 0 aliphatic rings. The molecular formula is C2H8As2O4. The zero-order valence-corrected chi connectivity index (χ0v) is 8.01. The van der Waals surface area contributed by atoms with E-state index in [0.29, 0.717) is 0 Å². The van der Waals surface area contributed by atoms with E-state index in [-0.39, 0.29) is 0 Å². The maximum absolute atomic E-state index is 8.41. The summed E-state index contributed by atoms with van der Waals surface area (Å²) in [5, 5.41) is 0. The summed E-state index contributed by atoms with van der Waals surface area (Å²) in [5.74, 6) is 0. The quantitative estimate of drug-likeness (QED) is 0.419. The van der Waals surface area contributed by atoms with Gasteiger partial charge in [-0.25, -0.2) is 0 Å². The second-order valence-electron chi connectivity index (χ2n) is 1.27. The summed E-state index contributed by atoms with van der Waals surface area (Å²) in [7, 11) is 0. The summed E-state index contributed by atoms with van der Waals surface area (Å²) >= 11 is -5.63. The van der Waals surface area contributed by atoms with E-state index >= 15 is 0 Å². The zero-order chi connectivity index (χ0) is 6.73. The Bertz CT molecular complexity index is 57.1. The van der Waals surface area contributed by atoms with Gasteiger partial charge < -0.3 is 0 Å². The van der Waals surface area contributed by atoms with Crippen LogP contribution in [0.25, 0.3) is 0 Å². The molecule has 50 valence electrons. The first-order valence-corrected chi connectivity index (χ1v) is 7.42. The van der Waals surface area contributed by atoms with Gasteiger partial charge in [-0.15, -0.1) is 0 Å². The molecule has 4 N–H and O–H groups in total. The topological polar surface area (TPSA) is 80.9 Å². The fourth-order valence-corrected chi connectivity index (χ4v) is 2.49. The third kappa shape index (κ3) is 3.08. The summed E-state index contributed by atoms with van der Waals surface area (Å²) in [6.45, 7) is 1.44. The first-order chi connectivity index (χ1) is 3.55. The van der Waals surface area contributed by atoms with Crippen LogP contribution >= 0.6 is 0 Å². The monoisotopic (exact) mass is 246 g/mol. The Labute approximate surface area is 57.7 Å². The molecule has 0 heterocycles. The Morgan fingerprint density at radius 3 is 1.25 bits per heavy atom. The number of hydrogen-bond donors (Lipinski definition) is 4. The fourth-order valence-electron chi connectivity index (χ4n) is 0.0924. The minimum absolute atomic E-state index is 0.616. The van der Waals surface area contributed by atoms with E-state index in [2.05, 4.69) is 0 Å². The molecule has 0 unspecified atom stereocenters. The van der Waals surface area contributed by atoms with E-state index in [1.165, 1.54) is 6.92 Å². The molecule has 0 aromatic heterocycles. The Hall–Kier alpha value is 0.957. The van der Waals surface area contributed by atoms with Gasteiger partial charge in [0.1, 0.15) is 0 Å². The molecule has 0 bridgehead atoms. The van der Waals surface area contributed by atoms with Crippen LogP contribution in [0.1, 0.15) is 6.92 Å². The molecule has 4 nitrogen and oxygen atoms in total. The molecule has 0 radical (unpaired) electrons. The third-order valence-electron chi connectivity index (χ3n) is 0.668. The van der Waals surface area contributed by atoms with Crippen molar-refractivity contribution in [2.24, 2.45) is 0 Å².